The molecule has 0 aliphatic heterocycles. The van der Waals surface area contributed by atoms with Crippen LogP contribution in [0.2, 0.25) is 0 Å². The third kappa shape index (κ3) is 1.51. The molecule has 0 fully saturated rings. The highest BCUT2D eigenvalue weighted by Crippen LogP contribution is 2.23. The molecule has 1 aromatic carbocycles. The molecule has 5 heteroatoms. The Morgan fingerprint density at radius 2 is 2.06 bits per heavy atom. The summed E-state index contributed by atoms with van der Waals surface area (Å²) in [6.07, 6.45) is 3.61. The quantitative estimate of drug-likeness (QED) is 0.694. The molecule has 0 saturated carbocycles. The number of anilines is 1. The van der Waals surface area contributed by atoms with Gasteiger partial charge in [-0.05, 0) is 17.5 Å². The summed E-state index contributed by atoms with van der Waals surface area (Å²) in [6.45, 7) is 0. The van der Waals surface area contributed by atoms with Crippen LogP contribution in [0.25, 0.3) is 22.2 Å². The highest BCUT2D eigenvalue weighted by atomic mass is 32.1. The first-order chi connectivity index (χ1) is 7.83. The number of hydrogen-bond donors (Lipinski definition) is 1. The number of fused-ring (bicyclic) bond motifs is 1. The number of benzene rings is 1. The summed E-state index contributed by atoms with van der Waals surface area (Å²) in [4.78, 5) is 8.23. The van der Waals surface area contributed by atoms with E-state index in [-0.39, 0.29) is 0 Å². The average molecular weight is 228 g/mol. The standard InChI is InChI=1S/C11H8N4S/c12-11-14-10(15-16-11)8-1-2-9-6-13-4-3-7(9)5-8/h1-6H,(H2,12,14,15). The van der Waals surface area contributed by atoms with E-state index in [9.17, 15) is 0 Å². The largest absolute Gasteiger partial charge is 0.374 e. The molecule has 0 atom stereocenters. The van der Waals surface area contributed by atoms with E-state index in [0.29, 0.717) is 11.0 Å². The van der Waals surface area contributed by atoms with Gasteiger partial charge in [0, 0.05) is 34.9 Å². The van der Waals surface area contributed by atoms with Crippen molar-refractivity contribution in [2.75, 3.05) is 5.73 Å². The Hall–Kier alpha value is -2.01. The lowest BCUT2D eigenvalue weighted by atomic mass is 10.1. The monoisotopic (exact) mass is 228 g/mol. The summed E-state index contributed by atoms with van der Waals surface area (Å²) in [5, 5.41) is 2.72. The number of pyridine rings is 1. The summed E-state index contributed by atoms with van der Waals surface area (Å²) in [6, 6.07) is 7.99. The van der Waals surface area contributed by atoms with E-state index < -0.39 is 0 Å². The van der Waals surface area contributed by atoms with E-state index in [1.165, 1.54) is 11.5 Å². The zero-order valence-corrected chi connectivity index (χ0v) is 9.11. The van der Waals surface area contributed by atoms with Gasteiger partial charge in [0.2, 0.25) is 0 Å². The minimum atomic E-state index is 0.491. The molecule has 0 aliphatic carbocycles. The van der Waals surface area contributed by atoms with Crippen LogP contribution in [0, 0.1) is 0 Å². The van der Waals surface area contributed by atoms with Crippen molar-refractivity contribution in [1.29, 1.82) is 0 Å². The van der Waals surface area contributed by atoms with Crippen LogP contribution in [-0.2, 0) is 0 Å². The number of hydrogen-bond acceptors (Lipinski definition) is 5. The topological polar surface area (TPSA) is 64.7 Å². The Morgan fingerprint density at radius 1 is 1.12 bits per heavy atom. The van der Waals surface area contributed by atoms with Gasteiger partial charge in [0.05, 0.1) is 0 Å². The molecule has 78 valence electrons. The molecule has 0 saturated heterocycles. The number of rotatable bonds is 1. The fraction of sp³-hybridized carbons (Fsp3) is 0. The molecular weight excluding hydrogens is 220 g/mol. The Kier molecular flexibility index (Phi) is 2.04. The van der Waals surface area contributed by atoms with Crippen molar-refractivity contribution in [2.45, 2.75) is 0 Å². The molecule has 2 aromatic heterocycles. The van der Waals surface area contributed by atoms with Crippen molar-refractivity contribution in [2.24, 2.45) is 0 Å². The molecule has 0 bridgehead atoms. The van der Waals surface area contributed by atoms with Gasteiger partial charge in [-0.2, -0.15) is 9.36 Å². The summed E-state index contributed by atoms with van der Waals surface area (Å²) in [5.74, 6) is 0.682. The smallest absolute Gasteiger partial charge is 0.200 e. The molecular formula is C11H8N4S. The van der Waals surface area contributed by atoms with Crippen LogP contribution in [-0.4, -0.2) is 14.3 Å². The van der Waals surface area contributed by atoms with Crippen LogP contribution >= 0.6 is 11.5 Å². The van der Waals surface area contributed by atoms with E-state index in [0.717, 1.165) is 16.3 Å². The maximum absolute atomic E-state index is 5.56. The van der Waals surface area contributed by atoms with Crippen molar-refractivity contribution < 1.29 is 0 Å². The predicted octanol–water partition coefficient (Wildman–Crippen LogP) is 2.34. The van der Waals surface area contributed by atoms with E-state index in [1.54, 1.807) is 6.20 Å². The highest BCUT2D eigenvalue weighted by molar-refractivity contribution is 7.09. The first kappa shape index (κ1) is 9.23. The van der Waals surface area contributed by atoms with E-state index >= 15 is 0 Å². The maximum atomic E-state index is 5.56. The van der Waals surface area contributed by atoms with Gasteiger partial charge in [-0.25, -0.2) is 0 Å². The Bertz CT molecular complexity index is 647. The summed E-state index contributed by atoms with van der Waals surface area (Å²) in [7, 11) is 0. The van der Waals surface area contributed by atoms with Gasteiger partial charge in [0.1, 0.15) is 0 Å². The molecule has 16 heavy (non-hydrogen) atoms. The van der Waals surface area contributed by atoms with Crippen LogP contribution < -0.4 is 5.73 Å². The molecule has 4 nitrogen and oxygen atoms in total. The minimum absolute atomic E-state index is 0.491. The predicted molar refractivity (Wildman–Crippen MR) is 65.1 cm³/mol. The number of nitrogens with two attached hydrogens (primary N) is 1. The fourth-order valence-corrected chi connectivity index (χ4v) is 2.03. The van der Waals surface area contributed by atoms with Crippen LogP contribution in [0.15, 0.2) is 36.7 Å². The van der Waals surface area contributed by atoms with Gasteiger partial charge in [0.25, 0.3) is 0 Å². The number of aromatic nitrogens is 3. The van der Waals surface area contributed by atoms with Crippen LogP contribution in [0.1, 0.15) is 0 Å². The van der Waals surface area contributed by atoms with Gasteiger partial charge >= 0.3 is 0 Å². The van der Waals surface area contributed by atoms with Crippen molar-refractivity contribution in [3.63, 3.8) is 0 Å². The molecule has 0 aliphatic rings. The number of nitrogen functional groups attached to an aromatic ring is 1. The molecule has 3 aromatic rings. The van der Waals surface area contributed by atoms with Crippen molar-refractivity contribution in [1.82, 2.24) is 14.3 Å². The first-order valence-corrected chi connectivity index (χ1v) is 5.53. The molecule has 2 heterocycles. The summed E-state index contributed by atoms with van der Waals surface area (Å²) in [5.41, 5.74) is 6.54. The maximum Gasteiger partial charge on any atom is 0.200 e. The summed E-state index contributed by atoms with van der Waals surface area (Å²) >= 11 is 1.21. The minimum Gasteiger partial charge on any atom is -0.374 e. The molecule has 0 spiro atoms. The molecule has 0 amide bonds. The Labute approximate surface area is 96.0 Å². The Morgan fingerprint density at radius 3 is 2.88 bits per heavy atom. The zero-order chi connectivity index (χ0) is 11.0. The van der Waals surface area contributed by atoms with Crippen LogP contribution in [0.3, 0.4) is 0 Å². The molecule has 0 radical (unpaired) electrons. The zero-order valence-electron chi connectivity index (χ0n) is 8.29. The van der Waals surface area contributed by atoms with E-state index in [4.69, 9.17) is 5.73 Å². The van der Waals surface area contributed by atoms with Gasteiger partial charge in [-0.3, -0.25) is 4.98 Å². The summed E-state index contributed by atoms with van der Waals surface area (Å²) < 4.78 is 4.18. The fourth-order valence-electron chi connectivity index (χ4n) is 1.57. The lowest BCUT2D eigenvalue weighted by Crippen LogP contribution is -1.84. The van der Waals surface area contributed by atoms with Crippen LogP contribution in [0.4, 0.5) is 5.13 Å². The SMILES string of the molecule is Nc1nc(-c2ccc3cnccc3c2)ns1. The average Bonchev–Trinajstić information content (AvgIpc) is 2.75. The third-order valence-electron chi connectivity index (χ3n) is 2.34. The van der Waals surface area contributed by atoms with Crippen molar-refractivity contribution in [3.05, 3.63) is 36.7 Å². The van der Waals surface area contributed by atoms with Gasteiger partial charge in [-0.1, -0.05) is 12.1 Å². The molecule has 0 unspecified atom stereocenters. The van der Waals surface area contributed by atoms with E-state index in [2.05, 4.69) is 14.3 Å². The normalized spacial score (nSPS) is 10.8. The second-order valence-electron chi connectivity index (χ2n) is 3.39. The molecule has 3 rings (SSSR count). The van der Waals surface area contributed by atoms with Crippen molar-refractivity contribution in [3.8, 4) is 11.4 Å². The first-order valence-electron chi connectivity index (χ1n) is 4.76. The second kappa shape index (κ2) is 3.53. The number of nitrogens with zero attached hydrogens (tertiary/aromatic N) is 3. The molecule has 2 N–H and O–H groups in total. The van der Waals surface area contributed by atoms with Gasteiger partial charge in [-0.15, -0.1) is 0 Å². The third-order valence-corrected chi connectivity index (χ3v) is 2.88. The van der Waals surface area contributed by atoms with E-state index in [1.807, 2.05) is 30.5 Å². The van der Waals surface area contributed by atoms with Gasteiger partial charge in [0.15, 0.2) is 11.0 Å². The highest BCUT2D eigenvalue weighted by Gasteiger charge is 2.04. The van der Waals surface area contributed by atoms with Crippen molar-refractivity contribution >= 4 is 27.4 Å². The van der Waals surface area contributed by atoms with Crippen LogP contribution in [0.5, 0.6) is 0 Å². The lowest BCUT2D eigenvalue weighted by molar-refractivity contribution is 1.33. The Balaban J connectivity index is 2.18. The van der Waals surface area contributed by atoms with Gasteiger partial charge < -0.3 is 5.73 Å². The second-order valence-corrected chi connectivity index (χ2v) is 4.18. The lowest BCUT2D eigenvalue weighted by Gasteiger charge is -1.99.